The molecular formula is C10H12FN3O4. The number of nitro groups is 1. The molecule has 1 aromatic rings. The predicted octanol–water partition coefficient (Wildman–Crippen LogP) is 0.919. The number of nitrogens with zero attached hydrogens (tertiary/aromatic N) is 1. The van der Waals surface area contributed by atoms with Gasteiger partial charge in [-0.2, -0.15) is 4.39 Å². The first-order valence-corrected chi connectivity index (χ1v) is 5.06. The van der Waals surface area contributed by atoms with Gasteiger partial charge in [0.15, 0.2) is 0 Å². The summed E-state index contributed by atoms with van der Waals surface area (Å²) < 4.78 is 17.7. The molecule has 0 heterocycles. The maximum atomic E-state index is 13.2. The topological polar surface area (TPSA) is 107 Å². The Balaban J connectivity index is 2.42. The number of primary amides is 1. The lowest BCUT2D eigenvalue weighted by molar-refractivity contribution is -0.387. The molecule has 0 bridgehead atoms. The van der Waals surface area contributed by atoms with Gasteiger partial charge < -0.3 is 15.8 Å². The van der Waals surface area contributed by atoms with Crippen LogP contribution in [0.1, 0.15) is 5.56 Å². The standard InChI is InChI=1S/C10H12FN3O4/c11-8-5-7(1-2-9(8)14(16)17)6-13-3-4-18-10(12)15/h1-2,5,13H,3-4,6H2,(H2,12,15). The van der Waals surface area contributed by atoms with E-state index in [-0.39, 0.29) is 6.61 Å². The van der Waals surface area contributed by atoms with Crippen LogP contribution in [0.4, 0.5) is 14.9 Å². The van der Waals surface area contributed by atoms with Crippen LogP contribution in [-0.2, 0) is 11.3 Å². The average molecular weight is 257 g/mol. The van der Waals surface area contributed by atoms with Crippen LogP contribution in [0.25, 0.3) is 0 Å². The van der Waals surface area contributed by atoms with E-state index in [2.05, 4.69) is 10.1 Å². The molecule has 98 valence electrons. The lowest BCUT2D eigenvalue weighted by Crippen LogP contribution is -2.23. The first-order chi connectivity index (χ1) is 8.50. The Morgan fingerprint density at radius 2 is 2.28 bits per heavy atom. The second-order valence-corrected chi connectivity index (χ2v) is 3.39. The smallest absolute Gasteiger partial charge is 0.404 e. The lowest BCUT2D eigenvalue weighted by atomic mass is 10.2. The first-order valence-electron chi connectivity index (χ1n) is 5.06. The second kappa shape index (κ2) is 6.50. The molecule has 1 rings (SSSR count). The molecule has 8 heteroatoms. The molecular weight excluding hydrogens is 245 g/mol. The number of nitro benzene ring substituents is 1. The van der Waals surface area contributed by atoms with Crippen LogP contribution < -0.4 is 11.1 Å². The van der Waals surface area contributed by atoms with Gasteiger partial charge in [-0.25, -0.2) is 4.79 Å². The minimum absolute atomic E-state index is 0.102. The van der Waals surface area contributed by atoms with Gasteiger partial charge in [0.2, 0.25) is 5.82 Å². The van der Waals surface area contributed by atoms with Crippen LogP contribution in [-0.4, -0.2) is 24.2 Å². The third-order valence-electron chi connectivity index (χ3n) is 2.06. The Labute approximate surface area is 102 Å². The number of hydrogen-bond donors (Lipinski definition) is 2. The van der Waals surface area contributed by atoms with E-state index >= 15 is 0 Å². The zero-order valence-corrected chi connectivity index (χ0v) is 9.39. The number of ether oxygens (including phenoxy) is 1. The molecule has 0 aliphatic rings. The molecule has 0 atom stereocenters. The van der Waals surface area contributed by atoms with Gasteiger partial charge >= 0.3 is 11.8 Å². The Hall–Kier alpha value is -2.22. The van der Waals surface area contributed by atoms with Gasteiger partial charge in [0, 0.05) is 19.2 Å². The second-order valence-electron chi connectivity index (χ2n) is 3.39. The zero-order chi connectivity index (χ0) is 13.5. The van der Waals surface area contributed by atoms with Gasteiger partial charge in [0.25, 0.3) is 0 Å². The molecule has 0 radical (unpaired) electrons. The summed E-state index contributed by atoms with van der Waals surface area (Å²) in [5, 5.41) is 13.2. The normalized spacial score (nSPS) is 10.1. The predicted molar refractivity (Wildman–Crippen MR) is 60.3 cm³/mol. The third kappa shape index (κ3) is 4.34. The van der Waals surface area contributed by atoms with E-state index in [4.69, 9.17) is 5.73 Å². The fraction of sp³-hybridized carbons (Fsp3) is 0.300. The van der Waals surface area contributed by atoms with Crippen molar-refractivity contribution in [3.8, 4) is 0 Å². The summed E-state index contributed by atoms with van der Waals surface area (Å²) in [5.74, 6) is -0.882. The number of benzene rings is 1. The van der Waals surface area contributed by atoms with Crippen molar-refractivity contribution in [3.63, 3.8) is 0 Å². The summed E-state index contributed by atoms with van der Waals surface area (Å²) >= 11 is 0. The van der Waals surface area contributed by atoms with Crippen molar-refractivity contribution in [3.05, 3.63) is 39.7 Å². The van der Waals surface area contributed by atoms with Crippen molar-refractivity contribution in [2.75, 3.05) is 13.2 Å². The number of hydrogen-bond acceptors (Lipinski definition) is 5. The van der Waals surface area contributed by atoms with Crippen LogP contribution in [0.3, 0.4) is 0 Å². The van der Waals surface area contributed by atoms with Crippen LogP contribution in [0.2, 0.25) is 0 Å². The van der Waals surface area contributed by atoms with Crippen molar-refractivity contribution >= 4 is 11.8 Å². The van der Waals surface area contributed by atoms with E-state index in [0.29, 0.717) is 18.7 Å². The van der Waals surface area contributed by atoms with Gasteiger partial charge in [0.05, 0.1) is 4.92 Å². The van der Waals surface area contributed by atoms with Crippen molar-refractivity contribution < 1.29 is 18.8 Å². The van der Waals surface area contributed by atoms with Gasteiger partial charge in [-0.1, -0.05) is 6.07 Å². The van der Waals surface area contributed by atoms with E-state index in [9.17, 15) is 19.3 Å². The Kier molecular flexibility index (Phi) is 5.00. The van der Waals surface area contributed by atoms with Crippen molar-refractivity contribution in [1.29, 1.82) is 0 Å². The molecule has 0 saturated heterocycles. The van der Waals surface area contributed by atoms with Gasteiger partial charge in [-0.3, -0.25) is 10.1 Å². The number of nitrogens with one attached hydrogen (secondary N) is 1. The highest BCUT2D eigenvalue weighted by atomic mass is 19.1. The molecule has 0 aromatic heterocycles. The number of amides is 1. The molecule has 7 nitrogen and oxygen atoms in total. The number of nitrogens with two attached hydrogens (primary N) is 1. The third-order valence-corrected chi connectivity index (χ3v) is 2.06. The molecule has 0 fully saturated rings. The maximum Gasteiger partial charge on any atom is 0.404 e. The molecule has 0 aliphatic heterocycles. The molecule has 18 heavy (non-hydrogen) atoms. The van der Waals surface area contributed by atoms with Crippen LogP contribution in [0.15, 0.2) is 18.2 Å². The highest BCUT2D eigenvalue weighted by Gasteiger charge is 2.13. The summed E-state index contributed by atoms with van der Waals surface area (Å²) in [6.45, 7) is 0.753. The van der Waals surface area contributed by atoms with E-state index in [1.807, 2.05) is 0 Å². The number of rotatable bonds is 6. The summed E-state index contributed by atoms with van der Waals surface area (Å²) in [6.07, 6.45) is -0.863. The van der Waals surface area contributed by atoms with Crippen LogP contribution in [0.5, 0.6) is 0 Å². The van der Waals surface area contributed by atoms with Crippen molar-refractivity contribution in [1.82, 2.24) is 5.32 Å². The van der Waals surface area contributed by atoms with Gasteiger partial charge in [-0.05, 0) is 11.6 Å². The molecule has 1 amide bonds. The molecule has 0 saturated carbocycles. The number of carbonyl (C=O) groups is 1. The van der Waals surface area contributed by atoms with E-state index in [0.717, 1.165) is 12.1 Å². The summed E-state index contributed by atoms with van der Waals surface area (Å²) in [7, 11) is 0. The fourth-order valence-corrected chi connectivity index (χ4v) is 1.26. The van der Waals surface area contributed by atoms with Gasteiger partial charge in [-0.15, -0.1) is 0 Å². The van der Waals surface area contributed by atoms with E-state index < -0.39 is 22.5 Å². The van der Waals surface area contributed by atoms with Crippen molar-refractivity contribution in [2.45, 2.75) is 6.54 Å². The summed E-state index contributed by atoms with van der Waals surface area (Å²) in [4.78, 5) is 19.8. The summed E-state index contributed by atoms with van der Waals surface area (Å²) in [6, 6.07) is 3.63. The highest BCUT2D eigenvalue weighted by Crippen LogP contribution is 2.17. The Morgan fingerprint density at radius 3 is 2.83 bits per heavy atom. The first kappa shape index (κ1) is 13.8. The Bertz CT molecular complexity index is 453. The maximum absolute atomic E-state index is 13.2. The minimum Gasteiger partial charge on any atom is -0.448 e. The highest BCUT2D eigenvalue weighted by molar-refractivity contribution is 5.64. The van der Waals surface area contributed by atoms with Crippen LogP contribution >= 0.6 is 0 Å². The number of halogens is 1. The largest absolute Gasteiger partial charge is 0.448 e. The quantitative estimate of drug-likeness (QED) is 0.447. The van der Waals surface area contributed by atoms with Crippen molar-refractivity contribution in [2.24, 2.45) is 5.73 Å². The molecule has 0 unspecified atom stereocenters. The zero-order valence-electron chi connectivity index (χ0n) is 9.39. The minimum atomic E-state index is -0.882. The average Bonchev–Trinajstić information content (AvgIpc) is 2.27. The Morgan fingerprint density at radius 1 is 1.56 bits per heavy atom. The van der Waals surface area contributed by atoms with E-state index in [1.54, 1.807) is 0 Å². The van der Waals surface area contributed by atoms with Crippen LogP contribution in [0, 0.1) is 15.9 Å². The van der Waals surface area contributed by atoms with E-state index in [1.165, 1.54) is 6.07 Å². The molecule has 3 N–H and O–H groups in total. The molecule has 0 aliphatic carbocycles. The van der Waals surface area contributed by atoms with Gasteiger partial charge in [0.1, 0.15) is 6.61 Å². The molecule has 1 aromatic carbocycles. The number of carbonyl (C=O) groups excluding carboxylic acids is 1. The fourth-order valence-electron chi connectivity index (χ4n) is 1.26. The molecule has 0 spiro atoms. The lowest BCUT2D eigenvalue weighted by Gasteiger charge is -2.05. The SMILES string of the molecule is NC(=O)OCCNCc1ccc([N+](=O)[O-])c(F)c1. The summed E-state index contributed by atoms with van der Waals surface area (Å²) in [5.41, 5.74) is 4.74. The monoisotopic (exact) mass is 257 g/mol.